The predicted molar refractivity (Wildman–Crippen MR) is 79.6 cm³/mol. The number of esters is 1. The largest absolute Gasteiger partial charge is 0.469 e. The summed E-state index contributed by atoms with van der Waals surface area (Å²) in [7, 11) is 1.31. The molecule has 0 aliphatic heterocycles. The van der Waals surface area contributed by atoms with Crippen LogP contribution < -0.4 is 11.1 Å². The average Bonchev–Trinajstić information content (AvgIpc) is 2.47. The number of alkyl carbamates (subject to hydrolysis) is 1. The Labute approximate surface area is 124 Å². The van der Waals surface area contributed by atoms with Crippen molar-refractivity contribution in [1.82, 2.24) is 5.32 Å². The van der Waals surface area contributed by atoms with Gasteiger partial charge in [0.1, 0.15) is 0 Å². The van der Waals surface area contributed by atoms with Crippen molar-refractivity contribution in [3.8, 4) is 0 Å². The van der Waals surface area contributed by atoms with Gasteiger partial charge in [0.15, 0.2) is 0 Å². The fraction of sp³-hybridized carbons (Fsp3) is 0.467. The molecule has 0 bridgehead atoms. The van der Waals surface area contributed by atoms with E-state index in [1.165, 1.54) is 7.11 Å². The van der Waals surface area contributed by atoms with Crippen LogP contribution in [0.1, 0.15) is 37.8 Å². The van der Waals surface area contributed by atoms with Gasteiger partial charge >= 0.3 is 12.1 Å². The number of benzene rings is 1. The molecule has 0 radical (unpaired) electrons. The van der Waals surface area contributed by atoms with Gasteiger partial charge in [0.25, 0.3) is 0 Å². The zero-order chi connectivity index (χ0) is 15.7. The quantitative estimate of drug-likeness (QED) is 0.458. The molecule has 1 amide bonds. The molecule has 0 fully saturated rings. The number of rotatable bonds is 7. The zero-order valence-electron chi connectivity index (χ0n) is 12.4. The van der Waals surface area contributed by atoms with Gasteiger partial charge in [0.2, 0.25) is 0 Å². The molecule has 6 nitrogen and oxygen atoms in total. The summed E-state index contributed by atoms with van der Waals surface area (Å²) in [5.74, 6) is -0.411. The van der Waals surface area contributed by atoms with Gasteiger partial charge in [-0.25, -0.2) is 4.79 Å². The lowest BCUT2D eigenvalue weighted by Gasteiger charge is -2.18. The van der Waals surface area contributed by atoms with Crippen LogP contribution in [0.4, 0.5) is 10.5 Å². The van der Waals surface area contributed by atoms with Gasteiger partial charge in [-0.1, -0.05) is 25.5 Å². The Bertz CT molecular complexity index is 459. The fourth-order valence-electron chi connectivity index (χ4n) is 1.72. The second kappa shape index (κ2) is 8.84. The third-order valence-electron chi connectivity index (χ3n) is 2.96. The fourth-order valence-corrected chi connectivity index (χ4v) is 1.72. The molecular formula is C15H22N2O4. The summed E-state index contributed by atoms with van der Waals surface area (Å²) in [5, 5.41) is 2.67. The number of ether oxygens (including phenoxy) is 2. The molecule has 21 heavy (non-hydrogen) atoms. The maximum absolute atomic E-state index is 11.7. The number of unbranched alkanes of at least 4 members (excludes halogenated alkanes) is 1. The summed E-state index contributed by atoms with van der Waals surface area (Å²) in [6.45, 7) is 2.37. The van der Waals surface area contributed by atoms with Crippen LogP contribution in [0.3, 0.4) is 0 Å². The summed E-state index contributed by atoms with van der Waals surface area (Å²) in [4.78, 5) is 23.2. The molecule has 1 atom stereocenters. The first-order valence-electron chi connectivity index (χ1n) is 6.92. The van der Waals surface area contributed by atoms with Gasteiger partial charge in [-0.15, -0.1) is 0 Å². The second-order valence-corrected chi connectivity index (χ2v) is 4.63. The normalized spacial score (nSPS) is 11.5. The second-order valence-electron chi connectivity index (χ2n) is 4.63. The Morgan fingerprint density at radius 2 is 1.95 bits per heavy atom. The first-order valence-corrected chi connectivity index (χ1v) is 6.92. The van der Waals surface area contributed by atoms with Gasteiger partial charge < -0.3 is 20.5 Å². The molecule has 0 spiro atoms. The third-order valence-corrected chi connectivity index (χ3v) is 2.96. The molecule has 0 saturated carbocycles. The Morgan fingerprint density at radius 3 is 2.52 bits per heavy atom. The maximum atomic E-state index is 11.7. The van der Waals surface area contributed by atoms with Crippen molar-refractivity contribution in [2.45, 2.75) is 32.2 Å². The van der Waals surface area contributed by atoms with E-state index in [9.17, 15) is 9.59 Å². The highest BCUT2D eigenvalue weighted by atomic mass is 16.5. The number of carbonyl (C=O) groups excluding carboxylic acids is 2. The number of nitrogens with two attached hydrogens (primary N) is 1. The van der Waals surface area contributed by atoms with Crippen LogP contribution in [0.25, 0.3) is 0 Å². The van der Waals surface area contributed by atoms with Gasteiger partial charge in [0, 0.05) is 5.69 Å². The van der Waals surface area contributed by atoms with E-state index >= 15 is 0 Å². The highest BCUT2D eigenvalue weighted by molar-refractivity contribution is 5.73. The minimum absolute atomic E-state index is 0.0310. The van der Waals surface area contributed by atoms with E-state index in [1.54, 1.807) is 24.3 Å². The van der Waals surface area contributed by atoms with Gasteiger partial charge in [-0.3, -0.25) is 4.79 Å². The number of anilines is 1. The van der Waals surface area contributed by atoms with E-state index in [0.717, 1.165) is 18.4 Å². The van der Waals surface area contributed by atoms with Gasteiger partial charge in [-0.2, -0.15) is 0 Å². The van der Waals surface area contributed by atoms with E-state index in [2.05, 4.69) is 10.1 Å². The van der Waals surface area contributed by atoms with E-state index in [1.807, 2.05) is 6.92 Å². The van der Waals surface area contributed by atoms with Crippen molar-refractivity contribution in [1.29, 1.82) is 0 Å². The SMILES string of the molecule is CCCCOC(=O)NC(CC(=O)OC)c1ccc(N)cc1. The summed E-state index contributed by atoms with van der Waals surface area (Å²) in [5.41, 5.74) is 7.01. The van der Waals surface area contributed by atoms with Crippen molar-refractivity contribution in [3.05, 3.63) is 29.8 Å². The Kier molecular flexibility index (Phi) is 7.08. The zero-order valence-corrected chi connectivity index (χ0v) is 12.4. The van der Waals surface area contributed by atoms with Crippen molar-refractivity contribution in [2.75, 3.05) is 19.5 Å². The van der Waals surface area contributed by atoms with Crippen LogP contribution in [0, 0.1) is 0 Å². The van der Waals surface area contributed by atoms with Gasteiger partial charge in [-0.05, 0) is 24.1 Å². The average molecular weight is 294 g/mol. The smallest absolute Gasteiger partial charge is 0.407 e. The van der Waals surface area contributed by atoms with Gasteiger partial charge in [0.05, 0.1) is 26.2 Å². The molecule has 1 aromatic carbocycles. The highest BCUT2D eigenvalue weighted by Crippen LogP contribution is 2.19. The molecule has 1 unspecified atom stereocenters. The lowest BCUT2D eigenvalue weighted by Crippen LogP contribution is -2.31. The minimum Gasteiger partial charge on any atom is -0.469 e. The van der Waals surface area contributed by atoms with Crippen molar-refractivity contribution >= 4 is 17.7 Å². The summed E-state index contributed by atoms with van der Waals surface area (Å²) >= 11 is 0. The first kappa shape index (κ1) is 16.8. The molecule has 0 heterocycles. The van der Waals surface area contributed by atoms with Crippen molar-refractivity contribution in [2.24, 2.45) is 0 Å². The van der Waals surface area contributed by atoms with Crippen LogP contribution in [0.2, 0.25) is 0 Å². The summed E-state index contributed by atoms with van der Waals surface area (Å²) in [6.07, 6.45) is 1.23. The van der Waals surface area contributed by atoms with Crippen LogP contribution in [0.15, 0.2) is 24.3 Å². The molecule has 116 valence electrons. The molecule has 3 N–H and O–H groups in total. The van der Waals surface area contributed by atoms with Crippen molar-refractivity contribution < 1.29 is 19.1 Å². The summed E-state index contributed by atoms with van der Waals surface area (Å²) < 4.78 is 9.70. The predicted octanol–water partition coefficient (Wildman–Crippen LogP) is 2.40. The molecule has 1 rings (SSSR count). The van der Waals surface area contributed by atoms with Crippen LogP contribution in [-0.2, 0) is 14.3 Å². The number of amides is 1. The van der Waals surface area contributed by atoms with Crippen molar-refractivity contribution in [3.63, 3.8) is 0 Å². The topological polar surface area (TPSA) is 90.6 Å². The van der Waals surface area contributed by atoms with E-state index in [0.29, 0.717) is 12.3 Å². The van der Waals surface area contributed by atoms with E-state index < -0.39 is 18.1 Å². The van der Waals surface area contributed by atoms with E-state index in [-0.39, 0.29) is 6.42 Å². The summed E-state index contributed by atoms with van der Waals surface area (Å²) in [6, 6.07) is 6.44. The van der Waals surface area contributed by atoms with E-state index in [4.69, 9.17) is 10.5 Å². The number of hydrogen-bond acceptors (Lipinski definition) is 5. The Hall–Kier alpha value is -2.24. The van der Waals surface area contributed by atoms with Crippen LogP contribution >= 0.6 is 0 Å². The maximum Gasteiger partial charge on any atom is 0.407 e. The number of hydrogen-bond donors (Lipinski definition) is 2. The lowest BCUT2D eigenvalue weighted by molar-refractivity contribution is -0.141. The lowest BCUT2D eigenvalue weighted by atomic mass is 10.0. The standard InChI is InChI=1S/C15H22N2O4/c1-3-4-9-21-15(19)17-13(10-14(18)20-2)11-5-7-12(16)8-6-11/h5-8,13H,3-4,9-10,16H2,1-2H3,(H,17,19). The number of methoxy groups -OCH3 is 1. The molecule has 0 saturated heterocycles. The highest BCUT2D eigenvalue weighted by Gasteiger charge is 2.19. The van der Waals surface area contributed by atoms with Crippen LogP contribution in [-0.4, -0.2) is 25.8 Å². The molecular weight excluding hydrogens is 272 g/mol. The van der Waals surface area contributed by atoms with Crippen LogP contribution in [0.5, 0.6) is 0 Å². The minimum atomic E-state index is -0.547. The molecule has 0 aromatic heterocycles. The molecule has 1 aromatic rings. The Balaban J connectivity index is 2.70. The molecule has 0 aliphatic rings. The number of nitrogens with one attached hydrogen (secondary N) is 1. The molecule has 0 aliphatic carbocycles. The third kappa shape index (κ3) is 6.16. The number of nitrogen functional groups attached to an aromatic ring is 1. The first-order chi connectivity index (χ1) is 10.1. The Morgan fingerprint density at radius 1 is 1.29 bits per heavy atom. The molecule has 6 heteroatoms. The number of carbonyl (C=O) groups is 2. The monoisotopic (exact) mass is 294 g/mol.